The highest BCUT2D eigenvalue weighted by molar-refractivity contribution is 6.30. The van der Waals surface area contributed by atoms with Gasteiger partial charge in [0.15, 0.2) is 11.6 Å². The van der Waals surface area contributed by atoms with Gasteiger partial charge in [0.05, 0.1) is 12.1 Å². The number of carbonyl (C=O) groups is 1. The number of aromatic nitrogens is 3. The second-order valence-corrected chi connectivity index (χ2v) is 7.75. The van der Waals surface area contributed by atoms with Gasteiger partial charge in [0.2, 0.25) is 5.89 Å². The predicted octanol–water partition coefficient (Wildman–Crippen LogP) is 4.46. The zero-order valence-corrected chi connectivity index (χ0v) is 17.0. The van der Waals surface area contributed by atoms with E-state index in [-0.39, 0.29) is 42.9 Å². The largest absolute Gasteiger partial charge is 0.337 e. The molecule has 0 atom stereocenters. The molecule has 1 fully saturated rings. The van der Waals surface area contributed by atoms with Crippen LogP contribution in [0.3, 0.4) is 0 Å². The molecule has 2 aromatic heterocycles. The SMILES string of the molecule is C=Nc1ncccc1C(=O)N(C)Cc1nc(C2CC(F)(c3ccc(Cl)cc3)C2)no1. The maximum atomic E-state index is 15.1. The average molecular weight is 428 g/mol. The Hall–Kier alpha value is -3.13. The minimum atomic E-state index is -1.42. The van der Waals surface area contributed by atoms with Crippen LogP contribution in [0, 0.1) is 0 Å². The van der Waals surface area contributed by atoms with Crippen LogP contribution in [0.25, 0.3) is 0 Å². The smallest absolute Gasteiger partial charge is 0.257 e. The van der Waals surface area contributed by atoms with Crippen molar-refractivity contribution >= 4 is 30.0 Å². The maximum Gasteiger partial charge on any atom is 0.257 e. The lowest BCUT2D eigenvalue weighted by atomic mass is 9.68. The Morgan fingerprint density at radius 3 is 2.80 bits per heavy atom. The van der Waals surface area contributed by atoms with Gasteiger partial charge in [-0.25, -0.2) is 14.4 Å². The number of amides is 1. The normalized spacial score (nSPS) is 20.4. The lowest BCUT2D eigenvalue weighted by molar-refractivity contribution is 0.0336. The van der Waals surface area contributed by atoms with Crippen LogP contribution in [0.2, 0.25) is 5.02 Å². The molecule has 30 heavy (non-hydrogen) atoms. The Labute approximate surface area is 177 Å². The van der Waals surface area contributed by atoms with Gasteiger partial charge < -0.3 is 9.42 Å². The monoisotopic (exact) mass is 427 g/mol. The minimum absolute atomic E-state index is 0.113. The quantitative estimate of drug-likeness (QED) is 0.542. The number of pyridine rings is 1. The standard InChI is InChI=1S/C21H19ClFN5O2/c1-24-19-16(4-3-9-25-19)20(29)28(2)12-17-26-18(27-30-17)13-10-21(23,11-13)14-5-7-15(22)8-6-14/h3-9,13H,1,10-12H2,2H3. The van der Waals surface area contributed by atoms with E-state index in [4.69, 9.17) is 16.1 Å². The first-order valence-corrected chi connectivity index (χ1v) is 9.72. The number of rotatable bonds is 6. The van der Waals surface area contributed by atoms with Gasteiger partial charge in [-0.05, 0) is 49.4 Å². The number of halogens is 2. The molecule has 2 heterocycles. The van der Waals surface area contributed by atoms with Crippen LogP contribution in [0.4, 0.5) is 10.2 Å². The Kier molecular flexibility index (Phi) is 5.34. The van der Waals surface area contributed by atoms with Crippen LogP contribution in [-0.2, 0) is 12.2 Å². The molecule has 1 aromatic carbocycles. The molecule has 0 radical (unpaired) electrons. The number of benzene rings is 1. The summed E-state index contributed by atoms with van der Waals surface area (Å²) in [5.41, 5.74) is -0.490. The van der Waals surface area contributed by atoms with E-state index >= 15 is 4.39 Å². The highest BCUT2D eigenvalue weighted by atomic mass is 35.5. The average Bonchev–Trinajstić information content (AvgIpc) is 3.19. The molecule has 0 bridgehead atoms. The van der Waals surface area contributed by atoms with E-state index in [0.717, 1.165) is 0 Å². The highest BCUT2D eigenvalue weighted by Gasteiger charge is 2.48. The molecule has 1 aliphatic carbocycles. The van der Waals surface area contributed by atoms with Crippen LogP contribution in [0.5, 0.6) is 0 Å². The molecule has 0 spiro atoms. The molecule has 1 saturated carbocycles. The summed E-state index contributed by atoms with van der Waals surface area (Å²) in [5, 5.41) is 4.55. The zero-order chi connectivity index (χ0) is 21.3. The van der Waals surface area contributed by atoms with Gasteiger partial charge in [0.25, 0.3) is 5.91 Å². The fourth-order valence-corrected chi connectivity index (χ4v) is 3.68. The summed E-state index contributed by atoms with van der Waals surface area (Å²) in [5.74, 6) is 0.554. The second kappa shape index (κ2) is 7.95. The third kappa shape index (κ3) is 3.82. The van der Waals surface area contributed by atoms with Gasteiger partial charge in [0.1, 0.15) is 5.67 Å². The second-order valence-electron chi connectivity index (χ2n) is 7.32. The molecular weight excluding hydrogens is 409 g/mol. The molecule has 4 rings (SSSR count). The first-order chi connectivity index (χ1) is 14.4. The number of alkyl halides is 1. The molecule has 7 nitrogen and oxygen atoms in total. The van der Waals surface area contributed by atoms with Gasteiger partial charge >= 0.3 is 0 Å². The van der Waals surface area contributed by atoms with E-state index in [1.165, 1.54) is 4.90 Å². The van der Waals surface area contributed by atoms with E-state index in [0.29, 0.717) is 22.0 Å². The molecule has 0 unspecified atom stereocenters. The number of carbonyl (C=O) groups excluding carboxylic acids is 1. The summed E-state index contributed by atoms with van der Waals surface area (Å²) in [7, 11) is 1.61. The van der Waals surface area contributed by atoms with Crippen molar-refractivity contribution in [1.82, 2.24) is 20.0 Å². The number of hydrogen-bond acceptors (Lipinski definition) is 6. The van der Waals surface area contributed by atoms with Gasteiger partial charge in [-0.15, -0.1) is 0 Å². The topological polar surface area (TPSA) is 84.5 Å². The molecule has 1 aliphatic rings. The van der Waals surface area contributed by atoms with Crippen LogP contribution < -0.4 is 0 Å². The van der Waals surface area contributed by atoms with Crippen LogP contribution in [0.1, 0.15) is 46.4 Å². The van der Waals surface area contributed by atoms with Crippen molar-refractivity contribution in [2.45, 2.75) is 31.0 Å². The molecular formula is C21H19ClFN5O2. The van der Waals surface area contributed by atoms with Crippen LogP contribution in [-0.4, -0.2) is 39.7 Å². The molecule has 0 aliphatic heterocycles. The third-order valence-electron chi connectivity index (χ3n) is 5.24. The van der Waals surface area contributed by atoms with E-state index < -0.39 is 5.67 Å². The van der Waals surface area contributed by atoms with E-state index in [2.05, 4.69) is 26.8 Å². The molecule has 0 N–H and O–H groups in total. The lowest BCUT2D eigenvalue weighted by Gasteiger charge is -2.40. The van der Waals surface area contributed by atoms with Crippen molar-refractivity contribution in [3.8, 4) is 0 Å². The summed E-state index contributed by atoms with van der Waals surface area (Å²) in [6.07, 6.45) is 2.08. The van der Waals surface area contributed by atoms with Gasteiger partial charge in [-0.2, -0.15) is 4.98 Å². The highest BCUT2D eigenvalue weighted by Crippen LogP contribution is 2.53. The summed E-state index contributed by atoms with van der Waals surface area (Å²) >= 11 is 5.88. The van der Waals surface area contributed by atoms with Gasteiger partial charge in [-0.3, -0.25) is 4.79 Å². The lowest BCUT2D eigenvalue weighted by Crippen LogP contribution is -2.36. The van der Waals surface area contributed by atoms with Gasteiger partial charge in [-0.1, -0.05) is 28.9 Å². The van der Waals surface area contributed by atoms with Gasteiger partial charge in [0, 0.05) is 24.2 Å². The van der Waals surface area contributed by atoms with Crippen LogP contribution in [0.15, 0.2) is 52.1 Å². The molecule has 3 aromatic rings. The molecule has 0 saturated heterocycles. The summed E-state index contributed by atoms with van der Waals surface area (Å²) in [4.78, 5) is 26.2. The number of hydrogen-bond donors (Lipinski definition) is 0. The first kappa shape index (κ1) is 20.2. The van der Waals surface area contributed by atoms with E-state index in [1.807, 2.05) is 0 Å². The first-order valence-electron chi connectivity index (χ1n) is 9.34. The summed E-state index contributed by atoms with van der Waals surface area (Å²) in [6, 6.07) is 10.0. The van der Waals surface area contributed by atoms with Crippen molar-refractivity contribution in [1.29, 1.82) is 0 Å². The predicted molar refractivity (Wildman–Crippen MR) is 110 cm³/mol. The Balaban J connectivity index is 1.40. The number of nitrogens with zero attached hydrogens (tertiary/aromatic N) is 5. The Morgan fingerprint density at radius 1 is 1.37 bits per heavy atom. The Morgan fingerprint density at radius 2 is 2.10 bits per heavy atom. The fraction of sp³-hybridized carbons (Fsp3) is 0.286. The maximum absolute atomic E-state index is 15.1. The minimum Gasteiger partial charge on any atom is -0.337 e. The van der Waals surface area contributed by atoms with E-state index in [9.17, 15) is 4.79 Å². The molecule has 154 valence electrons. The van der Waals surface area contributed by atoms with Crippen LogP contribution >= 0.6 is 11.6 Å². The molecule has 9 heteroatoms. The van der Waals surface area contributed by atoms with Crippen molar-refractivity contribution in [3.63, 3.8) is 0 Å². The molecule has 1 amide bonds. The Bertz CT molecular complexity index is 1080. The van der Waals surface area contributed by atoms with Crippen molar-refractivity contribution in [2.24, 2.45) is 4.99 Å². The van der Waals surface area contributed by atoms with Crippen molar-refractivity contribution < 1.29 is 13.7 Å². The summed E-state index contributed by atoms with van der Waals surface area (Å²) in [6.45, 7) is 3.55. The van der Waals surface area contributed by atoms with Crippen molar-refractivity contribution in [2.75, 3.05) is 7.05 Å². The fourth-order valence-electron chi connectivity index (χ4n) is 3.56. The zero-order valence-electron chi connectivity index (χ0n) is 16.3. The van der Waals surface area contributed by atoms with E-state index in [1.54, 1.807) is 49.6 Å². The number of aliphatic imine (C=N–C) groups is 1. The summed E-state index contributed by atoms with van der Waals surface area (Å²) < 4.78 is 20.4. The third-order valence-corrected chi connectivity index (χ3v) is 5.49. The van der Waals surface area contributed by atoms with Crippen molar-refractivity contribution in [3.05, 3.63) is 70.5 Å².